The number of carbonyl (C=O) groups is 2. The van der Waals surface area contributed by atoms with E-state index in [2.05, 4.69) is 15.0 Å². The standard InChI is InChI=1S/C17H16F4N2O4S/c1-3-27-15(25)13-14(17(19,20)21)23-16(28-13)22-12(24)7-5-9-4-6-11(26-2)10(18)8-9/h4,6,8H,3,5,7H2,1-2H3,(H,22,23,24). The van der Waals surface area contributed by atoms with Gasteiger partial charge in [-0.3, -0.25) is 4.79 Å². The van der Waals surface area contributed by atoms with Gasteiger partial charge >= 0.3 is 12.1 Å². The minimum atomic E-state index is -4.87. The van der Waals surface area contributed by atoms with Gasteiger partial charge in [0.05, 0.1) is 13.7 Å². The number of esters is 1. The number of thiazole rings is 1. The highest BCUT2D eigenvalue weighted by Crippen LogP contribution is 2.36. The molecule has 0 bridgehead atoms. The van der Waals surface area contributed by atoms with Gasteiger partial charge in [0.2, 0.25) is 5.91 Å². The number of methoxy groups -OCH3 is 1. The molecule has 1 amide bonds. The molecule has 1 aromatic heterocycles. The molecule has 0 aliphatic heterocycles. The molecular weight excluding hydrogens is 404 g/mol. The number of rotatable bonds is 7. The number of benzene rings is 1. The first-order valence-corrected chi connectivity index (χ1v) is 8.84. The fourth-order valence-corrected chi connectivity index (χ4v) is 3.10. The lowest BCUT2D eigenvalue weighted by Crippen LogP contribution is -2.14. The Kier molecular flexibility index (Phi) is 6.95. The van der Waals surface area contributed by atoms with E-state index in [1.807, 2.05) is 0 Å². The SMILES string of the molecule is CCOC(=O)c1sc(NC(=O)CCc2ccc(OC)c(F)c2)nc1C(F)(F)F. The van der Waals surface area contributed by atoms with E-state index in [-0.39, 0.29) is 30.3 Å². The number of ether oxygens (including phenoxy) is 2. The molecule has 0 saturated heterocycles. The van der Waals surface area contributed by atoms with Crippen LogP contribution in [-0.4, -0.2) is 30.6 Å². The van der Waals surface area contributed by atoms with Gasteiger partial charge in [0.1, 0.15) is 4.88 Å². The van der Waals surface area contributed by atoms with Crippen LogP contribution in [0.5, 0.6) is 5.75 Å². The first-order chi connectivity index (χ1) is 13.2. The van der Waals surface area contributed by atoms with Gasteiger partial charge in [0.25, 0.3) is 0 Å². The first kappa shape index (κ1) is 21.6. The Morgan fingerprint density at radius 1 is 1.29 bits per heavy atom. The number of amides is 1. The fourth-order valence-electron chi connectivity index (χ4n) is 2.21. The second-order valence-electron chi connectivity index (χ2n) is 5.43. The largest absolute Gasteiger partial charge is 0.494 e. The van der Waals surface area contributed by atoms with E-state index in [1.54, 1.807) is 6.07 Å². The van der Waals surface area contributed by atoms with Crippen LogP contribution in [0.3, 0.4) is 0 Å². The second-order valence-corrected chi connectivity index (χ2v) is 6.43. The number of nitrogens with one attached hydrogen (secondary N) is 1. The molecule has 152 valence electrons. The molecule has 0 aliphatic rings. The molecule has 0 fully saturated rings. The maximum Gasteiger partial charge on any atom is 0.435 e. The van der Waals surface area contributed by atoms with Crippen LogP contribution < -0.4 is 10.1 Å². The third-order valence-electron chi connectivity index (χ3n) is 3.46. The molecule has 1 N–H and O–H groups in total. The van der Waals surface area contributed by atoms with Crippen molar-refractivity contribution in [2.24, 2.45) is 0 Å². The van der Waals surface area contributed by atoms with Crippen molar-refractivity contribution in [2.75, 3.05) is 19.0 Å². The minimum Gasteiger partial charge on any atom is -0.494 e. The number of hydrogen-bond donors (Lipinski definition) is 1. The van der Waals surface area contributed by atoms with E-state index in [1.165, 1.54) is 26.2 Å². The van der Waals surface area contributed by atoms with Crippen molar-refractivity contribution < 1.29 is 36.6 Å². The summed E-state index contributed by atoms with van der Waals surface area (Å²) < 4.78 is 62.2. The molecule has 0 saturated carbocycles. The lowest BCUT2D eigenvalue weighted by Gasteiger charge is -2.05. The van der Waals surface area contributed by atoms with Crippen molar-refractivity contribution in [3.63, 3.8) is 0 Å². The zero-order valence-corrected chi connectivity index (χ0v) is 15.7. The second kappa shape index (κ2) is 9.00. The van der Waals surface area contributed by atoms with Gasteiger partial charge in [0.15, 0.2) is 22.4 Å². The Labute approximate surface area is 161 Å². The molecular formula is C17H16F4N2O4S. The lowest BCUT2D eigenvalue weighted by molar-refractivity contribution is -0.141. The molecule has 28 heavy (non-hydrogen) atoms. The molecule has 2 aromatic rings. The number of halogens is 4. The summed E-state index contributed by atoms with van der Waals surface area (Å²) in [6, 6.07) is 4.18. The zero-order chi connectivity index (χ0) is 20.9. The van der Waals surface area contributed by atoms with Gasteiger partial charge < -0.3 is 14.8 Å². The molecule has 0 radical (unpaired) electrons. The van der Waals surface area contributed by atoms with E-state index in [4.69, 9.17) is 4.74 Å². The Balaban J connectivity index is 2.07. The number of anilines is 1. The van der Waals surface area contributed by atoms with Crippen LogP contribution in [0.15, 0.2) is 18.2 Å². The van der Waals surface area contributed by atoms with Crippen molar-refractivity contribution in [3.8, 4) is 5.75 Å². The highest BCUT2D eigenvalue weighted by Gasteiger charge is 2.40. The number of aromatic nitrogens is 1. The molecule has 0 unspecified atom stereocenters. The van der Waals surface area contributed by atoms with Gasteiger partial charge in [-0.2, -0.15) is 13.2 Å². The van der Waals surface area contributed by atoms with Crippen molar-refractivity contribution in [1.29, 1.82) is 0 Å². The average molecular weight is 420 g/mol. The molecule has 6 nitrogen and oxygen atoms in total. The van der Waals surface area contributed by atoms with Gasteiger partial charge in [-0.15, -0.1) is 0 Å². The number of alkyl halides is 3. The van der Waals surface area contributed by atoms with E-state index >= 15 is 0 Å². The lowest BCUT2D eigenvalue weighted by atomic mass is 10.1. The predicted octanol–water partition coefficient (Wildman–Crippen LogP) is 4.06. The summed E-state index contributed by atoms with van der Waals surface area (Å²) in [5.74, 6) is -2.33. The summed E-state index contributed by atoms with van der Waals surface area (Å²) in [6.45, 7) is 1.35. The number of aryl methyl sites for hydroxylation is 1. The Bertz CT molecular complexity index is 867. The molecule has 0 aliphatic carbocycles. The molecule has 0 spiro atoms. The van der Waals surface area contributed by atoms with Crippen molar-refractivity contribution in [2.45, 2.75) is 25.9 Å². The van der Waals surface area contributed by atoms with Crippen LogP contribution in [0, 0.1) is 5.82 Å². The van der Waals surface area contributed by atoms with Crippen LogP contribution in [-0.2, 0) is 22.1 Å². The number of carbonyl (C=O) groups excluding carboxylic acids is 2. The molecule has 11 heteroatoms. The highest BCUT2D eigenvalue weighted by atomic mass is 32.1. The van der Waals surface area contributed by atoms with Gasteiger partial charge in [-0.1, -0.05) is 17.4 Å². The van der Waals surface area contributed by atoms with Gasteiger partial charge in [0, 0.05) is 6.42 Å². The highest BCUT2D eigenvalue weighted by molar-refractivity contribution is 7.17. The Morgan fingerprint density at radius 2 is 2.00 bits per heavy atom. The van der Waals surface area contributed by atoms with Crippen LogP contribution in [0.25, 0.3) is 0 Å². The topological polar surface area (TPSA) is 77.5 Å². The number of nitrogens with zero attached hydrogens (tertiary/aromatic N) is 1. The van der Waals surface area contributed by atoms with Gasteiger partial charge in [-0.05, 0) is 31.0 Å². The third kappa shape index (κ3) is 5.41. The maximum absolute atomic E-state index is 13.6. The van der Waals surface area contributed by atoms with Crippen LogP contribution in [0.1, 0.15) is 34.3 Å². The smallest absolute Gasteiger partial charge is 0.435 e. The molecule has 2 rings (SSSR count). The van der Waals surface area contributed by atoms with E-state index in [0.29, 0.717) is 16.9 Å². The molecule has 0 atom stereocenters. The summed E-state index contributed by atoms with van der Waals surface area (Å²) in [6.07, 6.45) is -4.85. The average Bonchev–Trinajstić information content (AvgIpc) is 3.04. The third-order valence-corrected chi connectivity index (χ3v) is 4.41. The first-order valence-electron chi connectivity index (χ1n) is 8.03. The molecule has 1 heterocycles. The van der Waals surface area contributed by atoms with E-state index in [9.17, 15) is 27.2 Å². The molecule has 1 aromatic carbocycles. The van der Waals surface area contributed by atoms with E-state index in [0.717, 1.165) is 0 Å². The fraction of sp³-hybridized carbons (Fsp3) is 0.353. The number of hydrogen-bond acceptors (Lipinski definition) is 6. The monoisotopic (exact) mass is 420 g/mol. The summed E-state index contributed by atoms with van der Waals surface area (Å²) >= 11 is 0.378. The minimum absolute atomic E-state index is 0.0576. The normalized spacial score (nSPS) is 11.2. The van der Waals surface area contributed by atoms with Crippen molar-refractivity contribution >= 4 is 28.3 Å². The predicted molar refractivity (Wildman–Crippen MR) is 93.0 cm³/mol. The quantitative estimate of drug-likeness (QED) is 0.540. The van der Waals surface area contributed by atoms with E-state index < -0.39 is 34.4 Å². The van der Waals surface area contributed by atoms with Crippen molar-refractivity contribution in [3.05, 3.63) is 40.2 Å². The summed E-state index contributed by atoms with van der Waals surface area (Å²) in [7, 11) is 1.32. The van der Waals surface area contributed by atoms with Crippen LogP contribution >= 0.6 is 11.3 Å². The van der Waals surface area contributed by atoms with Crippen molar-refractivity contribution in [1.82, 2.24) is 4.98 Å². The van der Waals surface area contributed by atoms with Gasteiger partial charge in [-0.25, -0.2) is 14.2 Å². The Morgan fingerprint density at radius 3 is 2.57 bits per heavy atom. The van der Waals surface area contributed by atoms with Crippen LogP contribution in [0.2, 0.25) is 0 Å². The Hall–Kier alpha value is -2.69. The van der Waals surface area contributed by atoms with Crippen LogP contribution in [0.4, 0.5) is 22.7 Å². The summed E-state index contributed by atoms with van der Waals surface area (Å²) in [5, 5.41) is 1.85. The zero-order valence-electron chi connectivity index (χ0n) is 14.9. The summed E-state index contributed by atoms with van der Waals surface area (Å²) in [5.41, 5.74) is -0.903. The summed E-state index contributed by atoms with van der Waals surface area (Å²) in [4.78, 5) is 26.3. The maximum atomic E-state index is 13.6.